The molecule has 1 N–H and O–H groups in total. The third-order valence-electron chi connectivity index (χ3n) is 5.23. The fourth-order valence-corrected chi connectivity index (χ4v) is 3.85. The second kappa shape index (κ2) is 8.03. The van der Waals surface area contributed by atoms with E-state index in [9.17, 15) is 4.39 Å². The van der Waals surface area contributed by atoms with Gasteiger partial charge < -0.3 is 15.1 Å². The van der Waals surface area contributed by atoms with Crippen molar-refractivity contribution >= 4 is 23.1 Å². The molecule has 3 aromatic rings. The molecule has 150 valence electrons. The number of para-hydroxylation sites is 1. The molecule has 1 fully saturated rings. The predicted octanol–water partition coefficient (Wildman–Crippen LogP) is 4.01. The van der Waals surface area contributed by atoms with Gasteiger partial charge in [0.05, 0.1) is 11.9 Å². The summed E-state index contributed by atoms with van der Waals surface area (Å²) in [6.45, 7) is 9.09. The average Bonchev–Trinajstić information content (AvgIpc) is 2.71. The van der Waals surface area contributed by atoms with Gasteiger partial charge in [0.2, 0.25) is 5.95 Å². The highest BCUT2D eigenvalue weighted by atomic mass is 19.1. The molecular weight excluding hydrogens is 367 g/mol. The maximum Gasteiger partial charge on any atom is 0.247 e. The van der Waals surface area contributed by atoms with Crippen LogP contribution in [0.5, 0.6) is 0 Å². The number of aryl methyl sites for hydroxylation is 3. The van der Waals surface area contributed by atoms with Crippen LogP contribution in [0, 0.1) is 26.6 Å². The Kier molecular flexibility index (Phi) is 5.29. The number of hydrogen-bond donors (Lipinski definition) is 1. The molecule has 0 atom stereocenters. The maximum absolute atomic E-state index is 14.0. The fraction of sp³-hybridized carbons (Fsp3) is 0.318. The molecule has 1 aromatic heterocycles. The van der Waals surface area contributed by atoms with Gasteiger partial charge in [-0.05, 0) is 44.0 Å². The van der Waals surface area contributed by atoms with Crippen LogP contribution in [0.2, 0.25) is 0 Å². The molecular formula is C22H25FN6. The largest absolute Gasteiger partial charge is 0.366 e. The molecule has 0 bridgehead atoms. The van der Waals surface area contributed by atoms with E-state index in [1.807, 2.05) is 12.1 Å². The number of aromatic nitrogens is 3. The molecule has 0 saturated carbocycles. The van der Waals surface area contributed by atoms with Crippen LogP contribution in [-0.2, 0) is 0 Å². The summed E-state index contributed by atoms with van der Waals surface area (Å²) in [5, 5.41) is 11.7. The zero-order valence-electron chi connectivity index (χ0n) is 17.0. The summed E-state index contributed by atoms with van der Waals surface area (Å²) in [4.78, 5) is 8.80. The van der Waals surface area contributed by atoms with E-state index in [0.29, 0.717) is 43.6 Å². The van der Waals surface area contributed by atoms with E-state index < -0.39 is 0 Å². The van der Waals surface area contributed by atoms with Crippen molar-refractivity contribution in [3.8, 4) is 0 Å². The van der Waals surface area contributed by atoms with Crippen molar-refractivity contribution in [1.82, 2.24) is 15.2 Å². The third kappa shape index (κ3) is 4.13. The van der Waals surface area contributed by atoms with E-state index in [2.05, 4.69) is 63.2 Å². The predicted molar refractivity (Wildman–Crippen MR) is 115 cm³/mol. The van der Waals surface area contributed by atoms with Gasteiger partial charge in [-0.2, -0.15) is 10.1 Å². The minimum Gasteiger partial charge on any atom is -0.366 e. The zero-order chi connectivity index (χ0) is 20.4. The van der Waals surface area contributed by atoms with E-state index in [1.165, 1.54) is 22.8 Å². The Balaban J connectivity index is 1.47. The number of piperazine rings is 1. The van der Waals surface area contributed by atoms with Crippen LogP contribution in [0.1, 0.15) is 16.7 Å². The molecule has 0 aliphatic carbocycles. The summed E-state index contributed by atoms with van der Waals surface area (Å²) in [6, 6.07) is 11.2. The Hall–Kier alpha value is -3.22. The highest BCUT2D eigenvalue weighted by Crippen LogP contribution is 2.26. The van der Waals surface area contributed by atoms with Crippen LogP contribution in [0.4, 0.5) is 27.5 Å². The second-order valence-electron chi connectivity index (χ2n) is 7.47. The lowest BCUT2D eigenvalue weighted by molar-refractivity contribution is 0.592. The van der Waals surface area contributed by atoms with Crippen molar-refractivity contribution < 1.29 is 4.39 Å². The molecule has 7 heteroatoms. The first-order chi connectivity index (χ1) is 14.0. The first-order valence-electron chi connectivity index (χ1n) is 9.80. The molecule has 1 saturated heterocycles. The fourth-order valence-electron chi connectivity index (χ4n) is 3.85. The molecule has 0 spiro atoms. The molecule has 2 heterocycles. The summed E-state index contributed by atoms with van der Waals surface area (Å²) < 4.78 is 14.0. The summed E-state index contributed by atoms with van der Waals surface area (Å²) in [5.41, 5.74) is 5.26. The van der Waals surface area contributed by atoms with Crippen molar-refractivity contribution in [3.63, 3.8) is 0 Å². The van der Waals surface area contributed by atoms with E-state index in [0.717, 1.165) is 5.69 Å². The molecule has 1 aliphatic rings. The van der Waals surface area contributed by atoms with Gasteiger partial charge in [-0.3, -0.25) is 0 Å². The molecule has 4 rings (SSSR count). The highest BCUT2D eigenvalue weighted by Gasteiger charge is 2.21. The Morgan fingerprint density at radius 2 is 1.59 bits per heavy atom. The Bertz CT molecular complexity index is 991. The normalized spacial score (nSPS) is 14.2. The van der Waals surface area contributed by atoms with Crippen LogP contribution < -0.4 is 15.1 Å². The van der Waals surface area contributed by atoms with Gasteiger partial charge in [-0.1, -0.05) is 29.8 Å². The summed E-state index contributed by atoms with van der Waals surface area (Å²) in [6.07, 6.45) is 1.64. The molecule has 6 nitrogen and oxygen atoms in total. The quantitative estimate of drug-likeness (QED) is 0.724. The molecule has 1 aliphatic heterocycles. The van der Waals surface area contributed by atoms with E-state index in [4.69, 9.17) is 0 Å². The minimum atomic E-state index is -0.186. The molecule has 29 heavy (non-hydrogen) atoms. The number of nitrogens with one attached hydrogen (secondary N) is 1. The Morgan fingerprint density at radius 1 is 0.931 bits per heavy atom. The lowest BCUT2D eigenvalue weighted by Gasteiger charge is -2.36. The molecule has 2 aromatic carbocycles. The average molecular weight is 392 g/mol. The van der Waals surface area contributed by atoms with Gasteiger partial charge in [0.25, 0.3) is 0 Å². The van der Waals surface area contributed by atoms with Crippen LogP contribution >= 0.6 is 0 Å². The number of halogens is 1. The summed E-state index contributed by atoms with van der Waals surface area (Å²) >= 11 is 0. The van der Waals surface area contributed by atoms with Gasteiger partial charge in [0.1, 0.15) is 5.82 Å². The van der Waals surface area contributed by atoms with Gasteiger partial charge in [-0.25, -0.2) is 4.39 Å². The monoisotopic (exact) mass is 392 g/mol. The van der Waals surface area contributed by atoms with Crippen molar-refractivity contribution in [1.29, 1.82) is 0 Å². The SMILES string of the molecule is Cc1cc(C)c(Nc2cnnc(N3CCN(c4ccccc4F)CC3)n2)c(C)c1. The highest BCUT2D eigenvalue weighted by molar-refractivity contribution is 5.65. The maximum atomic E-state index is 14.0. The Morgan fingerprint density at radius 3 is 2.28 bits per heavy atom. The van der Waals surface area contributed by atoms with Gasteiger partial charge in [0, 0.05) is 31.9 Å². The third-order valence-corrected chi connectivity index (χ3v) is 5.23. The zero-order valence-corrected chi connectivity index (χ0v) is 17.0. The van der Waals surface area contributed by atoms with Gasteiger partial charge in [0.15, 0.2) is 5.82 Å². The van der Waals surface area contributed by atoms with Crippen LogP contribution in [0.3, 0.4) is 0 Å². The second-order valence-corrected chi connectivity index (χ2v) is 7.47. The Labute approximate surface area is 170 Å². The van der Waals surface area contributed by atoms with Gasteiger partial charge in [-0.15, -0.1) is 5.10 Å². The van der Waals surface area contributed by atoms with Crippen LogP contribution in [0.25, 0.3) is 0 Å². The van der Waals surface area contributed by atoms with E-state index in [-0.39, 0.29) is 5.82 Å². The van der Waals surface area contributed by atoms with Crippen molar-refractivity contribution in [3.05, 3.63) is 65.1 Å². The van der Waals surface area contributed by atoms with Crippen molar-refractivity contribution in [2.24, 2.45) is 0 Å². The van der Waals surface area contributed by atoms with Gasteiger partial charge >= 0.3 is 0 Å². The number of hydrogen-bond acceptors (Lipinski definition) is 6. The molecule has 0 amide bonds. The summed E-state index contributed by atoms with van der Waals surface area (Å²) in [5.74, 6) is 1.07. The standard InChI is InChI=1S/C22H25FN6/c1-15-12-16(2)21(17(3)13-15)25-20-14-24-27-22(26-20)29-10-8-28(9-11-29)19-7-5-4-6-18(19)23/h4-7,12-14H,8-11H2,1-3H3,(H,25,26,27). The number of benzene rings is 2. The van der Waals surface area contributed by atoms with Crippen molar-refractivity contribution in [2.45, 2.75) is 20.8 Å². The van der Waals surface area contributed by atoms with E-state index >= 15 is 0 Å². The molecule has 0 unspecified atom stereocenters. The lowest BCUT2D eigenvalue weighted by Crippen LogP contribution is -2.47. The number of nitrogens with zero attached hydrogens (tertiary/aromatic N) is 5. The number of rotatable bonds is 4. The van der Waals surface area contributed by atoms with Crippen LogP contribution in [-0.4, -0.2) is 41.4 Å². The van der Waals surface area contributed by atoms with E-state index in [1.54, 1.807) is 12.3 Å². The summed E-state index contributed by atoms with van der Waals surface area (Å²) in [7, 11) is 0. The first kappa shape index (κ1) is 19.1. The molecule has 0 radical (unpaired) electrons. The lowest BCUT2D eigenvalue weighted by atomic mass is 10.1. The first-order valence-corrected chi connectivity index (χ1v) is 9.80. The topological polar surface area (TPSA) is 57.2 Å². The smallest absolute Gasteiger partial charge is 0.247 e. The number of anilines is 4. The minimum absolute atomic E-state index is 0.186. The van der Waals surface area contributed by atoms with Crippen molar-refractivity contribution in [2.75, 3.05) is 41.3 Å². The van der Waals surface area contributed by atoms with Crippen LogP contribution in [0.15, 0.2) is 42.6 Å².